The number of hydrogen-bond donors (Lipinski definition) is 2. The highest BCUT2D eigenvalue weighted by Gasteiger charge is 2.29. The molecule has 1 heterocycles. The molecule has 5 heteroatoms. The van der Waals surface area contributed by atoms with E-state index in [4.69, 9.17) is 22.7 Å². The molecule has 1 atom stereocenters. The highest BCUT2D eigenvalue weighted by molar-refractivity contribution is 7.80. The molecule has 114 valence electrons. The molecule has 1 saturated heterocycles. The largest absolute Gasteiger partial charge is 0.389 e. The van der Waals surface area contributed by atoms with E-state index >= 15 is 0 Å². The fourth-order valence-corrected chi connectivity index (χ4v) is 2.74. The van der Waals surface area contributed by atoms with Gasteiger partial charge in [0.15, 0.2) is 0 Å². The summed E-state index contributed by atoms with van der Waals surface area (Å²) >= 11 is 4.91. The van der Waals surface area contributed by atoms with Crippen LogP contribution >= 0.6 is 12.2 Å². The summed E-state index contributed by atoms with van der Waals surface area (Å²) in [5, 5.41) is 3.09. The molecule has 0 aromatic heterocycles. The Balaban J connectivity index is 1.88. The number of nitrogens with one attached hydrogen (secondary N) is 1. The third-order valence-electron chi connectivity index (χ3n) is 3.67. The maximum atomic E-state index is 12.1. The molecule has 0 spiro atoms. The van der Waals surface area contributed by atoms with E-state index in [1.165, 1.54) is 0 Å². The van der Waals surface area contributed by atoms with E-state index in [0.29, 0.717) is 18.0 Å². The summed E-state index contributed by atoms with van der Waals surface area (Å²) in [6, 6.07) is 7.67. The number of ether oxygens (including phenoxy) is 1. The SMILES string of the molecule is CC1(C)CC(NC(=O)Cc2ccc(C(N)=S)cc2)CCO1. The predicted octanol–water partition coefficient (Wildman–Crippen LogP) is 1.94. The van der Waals surface area contributed by atoms with Crippen molar-refractivity contribution < 1.29 is 9.53 Å². The zero-order valence-electron chi connectivity index (χ0n) is 12.5. The second-order valence-corrected chi connectivity index (χ2v) is 6.54. The molecule has 1 aromatic carbocycles. The van der Waals surface area contributed by atoms with Crippen molar-refractivity contribution in [1.82, 2.24) is 5.32 Å². The van der Waals surface area contributed by atoms with Crippen LogP contribution in [0, 0.1) is 0 Å². The van der Waals surface area contributed by atoms with Gasteiger partial charge < -0.3 is 15.8 Å². The number of thiocarbonyl (C=S) groups is 1. The number of nitrogens with two attached hydrogens (primary N) is 1. The van der Waals surface area contributed by atoms with Crippen molar-refractivity contribution in [1.29, 1.82) is 0 Å². The molecule has 1 aliphatic rings. The second-order valence-electron chi connectivity index (χ2n) is 6.10. The van der Waals surface area contributed by atoms with E-state index in [1.807, 2.05) is 24.3 Å². The van der Waals surface area contributed by atoms with Gasteiger partial charge in [0.2, 0.25) is 5.91 Å². The molecule has 1 aromatic rings. The number of hydrogen-bond acceptors (Lipinski definition) is 3. The Morgan fingerprint density at radius 2 is 2.10 bits per heavy atom. The highest BCUT2D eigenvalue weighted by atomic mass is 32.1. The minimum Gasteiger partial charge on any atom is -0.389 e. The van der Waals surface area contributed by atoms with Crippen LogP contribution in [0.15, 0.2) is 24.3 Å². The number of rotatable bonds is 4. The summed E-state index contributed by atoms with van der Waals surface area (Å²) in [6.07, 6.45) is 2.09. The minimum absolute atomic E-state index is 0.0424. The van der Waals surface area contributed by atoms with Gasteiger partial charge in [0.05, 0.1) is 12.0 Å². The quantitative estimate of drug-likeness (QED) is 0.834. The van der Waals surface area contributed by atoms with Crippen LogP contribution < -0.4 is 11.1 Å². The van der Waals surface area contributed by atoms with Gasteiger partial charge in [-0.25, -0.2) is 0 Å². The molecule has 21 heavy (non-hydrogen) atoms. The monoisotopic (exact) mass is 306 g/mol. The number of amides is 1. The Hall–Kier alpha value is -1.46. The molecule has 0 aliphatic carbocycles. The van der Waals surface area contributed by atoms with Gasteiger partial charge in [0.1, 0.15) is 4.99 Å². The lowest BCUT2D eigenvalue weighted by Gasteiger charge is -2.35. The van der Waals surface area contributed by atoms with Crippen LogP contribution in [0.2, 0.25) is 0 Å². The predicted molar refractivity (Wildman–Crippen MR) is 87.2 cm³/mol. The summed E-state index contributed by atoms with van der Waals surface area (Å²) in [7, 11) is 0. The maximum absolute atomic E-state index is 12.1. The van der Waals surface area contributed by atoms with E-state index < -0.39 is 0 Å². The van der Waals surface area contributed by atoms with Gasteiger partial charge in [-0.2, -0.15) is 0 Å². The Labute approximate surface area is 131 Å². The fourth-order valence-electron chi connectivity index (χ4n) is 2.61. The van der Waals surface area contributed by atoms with Crippen LogP contribution in [-0.4, -0.2) is 29.1 Å². The molecule has 0 radical (unpaired) electrons. The third kappa shape index (κ3) is 4.79. The van der Waals surface area contributed by atoms with Gasteiger partial charge in [-0.05, 0) is 32.3 Å². The first-order chi connectivity index (χ1) is 9.85. The van der Waals surface area contributed by atoms with Gasteiger partial charge in [0.25, 0.3) is 0 Å². The smallest absolute Gasteiger partial charge is 0.224 e. The first kappa shape index (κ1) is 15.9. The Kier molecular flexibility index (Phi) is 4.96. The zero-order valence-corrected chi connectivity index (χ0v) is 13.3. The molecular formula is C16H22N2O2S. The molecule has 0 bridgehead atoms. The third-order valence-corrected chi connectivity index (χ3v) is 3.90. The number of benzene rings is 1. The van der Waals surface area contributed by atoms with Crippen LogP contribution in [0.4, 0.5) is 0 Å². The van der Waals surface area contributed by atoms with Gasteiger partial charge in [-0.1, -0.05) is 36.5 Å². The van der Waals surface area contributed by atoms with Gasteiger partial charge >= 0.3 is 0 Å². The van der Waals surface area contributed by atoms with Crippen LogP contribution in [0.1, 0.15) is 37.8 Å². The standard InChI is InChI=1S/C16H22N2O2S/c1-16(2)10-13(7-8-20-16)18-14(19)9-11-3-5-12(6-4-11)15(17)21/h3-6,13H,7-10H2,1-2H3,(H2,17,21)(H,18,19). The number of carbonyl (C=O) groups excluding carboxylic acids is 1. The van der Waals surface area contributed by atoms with E-state index in [0.717, 1.165) is 24.0 Å². The Morgan fingerprint density at radius 1 is 1.43 bits per heavy atom. The lowest BCUT2D eigenvalue weighted by molar-refractivity contribution is -0.123. The summed E-state index contributed by atoms with van der Waals surface area (Å²) in [6.45, 7) is 4.81. The van der Waals surface area contributed by atoms with Crippen molar-refractivity contribution in [3.05, 3.63) is 35.4 Å². The van der Waals surface area contributed by atoms with Crippen LogP contribution in [-0.2, 0) is 16.0 Å². The van der Waals surface area contributed by atoms with E-state index in [9.17, 15) is 4.79 Å². The van der Waals surface area contributed by atoms with Gasteiger partial charge in [-0.15, -0.1) is 0 Å². The average molecular weight is 306 g/mol. The van der Waals surface area contributed by atoms with E-state index in [1.54, 1.807) is 0 Å². The minimum atomic E-state index is -0.158. The van der Waals surface area contributed by atoms with E-state index in [-0.39, 0.29) is 17.6 Å². The molecule has 2 rings (SSSR count). The van der Waals surface area contributed by atoms with Crippen molar-refractivity contribution >= 4 is 23.1 Å². The lowest BCUT2D eigenvalue weighted by atomic mass is 9.94. The van der Waals surface area contributed by atoms with Crippen molar-refractivity contribution in [3.8, 4) is 0 Å². The first-order valence-electron chi connectivity index (χ1n) is 7.18. The molecular weight excluding hydrogens is 284 g/mol. The van der Waals surface area contributed by atoms with Crippen molar-refractivity contribution in [3.63, 3.8) is 0 Å². The van der Waals surface area contributed by atoms with Crippen LogP contribution in [0.25, 0.3) is 0 Å². The highest BCUT2D eigenvalue weighted by Crippen LogP contribution is 2.23. The lowest BCUT2D eigenvalue weighted by Crippen LogP contribution is -2.46. The van der Waals surface area contributed by atoms with Crippen molar-refractivity contribution in [2.45, 2.75) is 44.8 Å². The fraction of sp³-hybridized carbons (Fsp3) is 0.500. The molecule has 1 aliphatic heterocycles. The summed E-state index contributed by atoms with van der Waals surface area (Å²) in [5.74, 6) is 0.0424. The first-order valence-corrected chi connectivity index (χ1v) is 7.59. The van der Waals surface area contributed by atoms with E-state index in [2.05, 4.69) is 19.2 Å². The summed E-state index contributed by atoms with van der Waals surface area (Å²) < 4.78 is 5.66. The van der Waals surface area contributed by atoms with Gasteiger partial charge in [0, 0.05) is 18.2 Å². The average Bonchev–Trinajstić information content (AvgIpc) is 2.37. The molecule has 3 N–H and O–H groups in total. The van der Waals surface area contributed by atoms with Crippen LogP contribution in [0.5, 0.6) is 0 Å². The van der Waals surface area contributed by atoms with Crippen LogP contribution in [0.3, 0.4) is 0 Å². The molecule has 1 amide bonds. The Bertz CT molecular complexity index is 526. The molecule has 1 unspecified atom stereocenters. The second kappa shape index (κ2) is 6.54. The topological polar surface area (TPSA) is 64.4 Å². The van der Waals surface area contributed by atoms with Crippen molar-refractivity contribution in [2.75, 3.05) is 6.61 Å². The number of carbonyl (C=O) groups is 1. The van der Waals surface area contributed by atoms with Crippen molar-refractivity contribution in [2.24, 2.45) is 5.73 Å². The normalized spacial score (nSPS) is 20.8. The maximum Gasteiger partial charge on any atom is 0.224 e. The summed E-state index contributed by atoms with van der Waals surface area (Å²) in [4.78, 5) is 12.5. The zero-order chi connectivity index (χ0) is 15.5. The Morgan fingerprint density at radius 3 is 2.67 bits per heavy atom. The summed E-state index contributed by atoms with van der Waals surface area (Å²) in [5.41, 5.74) is 7.17. The molecule has 1 fully saturated rings. The molecule has 4 nitrogen and oxygen atoms in total. The molecule has 0 saturated carbocycles. The van der Waals surface area contributed by atoms with Gasteiger partial charge in [-0.3, -0.25) is 4.79 Å².